The molecule has 4 heteroatoms. The molecule has 3 nitrogen and oxygen atoms in total. The van der Waals surface area contributed by atoms with E-state index in [4.69, 9.17) is 4.74 Å². The quantitative estimate of drug-likeness (QED) is 0.453. The number of ether oxygens (including phenoxy) is 1. The van der Waals surface area contributed by atoms with Gasteiger partial charge in [-0.1, -0.05) is 42.0 Å². The molecule has 0 aliphatic carbocycles. The summed E-state index contributed by atoms with van der Waals surface area (Å²) < 4.78 is 7.38. The Balaban J connectivity index is 1.96. The van der Waals surface area contributed by atoms with Gasteiger partial charge in [-0.15, -0.1) is 11.8 Å². The van der Waals surface area contributed by atoms with Crippen molar-refractivity contribution in [2.45, 2.75) is 24.0 Å². The van der Waals surface area contributed by atoms with Crippen molar-refractivity contribution in [3.8, 4) is 5.69 Å². The molecule has 1 atom stereocenters. The van der Waals surface area contributed by atoms with Gasteiger partial charge in [0.25, 0.3) is 0 Å². The van der Waals surface area contributed by atoms with Crippen molar-refractivity contribution in [2.24, 2.45) is 0 Å². The van der Waals surface area contributed by atoms with Gasteiger partial charge in [0.15, 0.2) is 0 Å². The van der Waals surface area contributed by atoms with Gasteiger partial charge in [-0.3, -0.25) is 4.79 Å². The predicted octanol–water partition coefficient (Wildman–Crippen LogP) is 5.18. The lowest BCUT2D eigenvalue weighted by Gasteiger charge is -2.18. The van der Waals surface area contributed by atoms with Crippen LogP contribution in [-0.2, 0) is 9.53 Å². The number of carbonyl (C=O) groups excluding carboxylic acids is 1. The third kappa shape index (κ3) is 4.15. The van der Waals surface area contributed by atoms with E-state index in [9.17, 15) is 4.79 Å². The average molecular weight is 351 g/mol. The number of thioether (sulfide) groups is 1. The lowest BCUT2D eigenvalue weighted by molar-refractivity contribution is -0.142. The summed E-state index contributed by atoms with van der Waals surface area (Å²) in [5.74, 6) is -0.210. The Morgan fingerprint density at radius 1 is 1.04 bits per heavy atom. The lowest BCUT2D eigenvalue weighted by atomic mass is 10.1. The van der Waals surface area contributed by atoms with Crippen molar-refractivity contribution >= 4 is 17.7 Å². The minimum absolute atomic E-state index is 0.210. The summed E-state index contributed by atoms with van der Waals surface area (Å²) in [4.78, 5) is 13.6. The van der Waals surface area contributed by atoms with Gasteiger partial charge in [0.05, 0.1) is 12.3 Å². The topological polar surface area (TPSA) is 31.2 Å². The molecule has 128 valence electrons. The smallest absolute Gasteiger partial charge is 0.323 e. The summed E-state index contributed by atoms with van der Waals surface area (Å²) in [6.07, 6.45) is 4.01. The summed E-state index contributed by atoms with van der Waals surface area (Å²) in [5, 5.41) is -0.391. The fraction of sp³-hybridized carbons (Fsp3) is 0.190. The highest BCUT2D eigenvalue weighted by Crippen LogP contribution is 2.39. The normalized spacial score (nSPS) is 11.9. The van der Waals surface area contributed by atoms with Crippen LogP contribution < -0.4 is 0 Å². The van der Waals surface area contributed by atoms with Gasteiger partial charge in [-0.05, 0) is 43.7 Å². The number of esters is 1. The maximum atomic E-state index is 12.6. The fourth-order valence-corrected chi connectivity index (χ4v) is 3.77. The molecule has 0 saturated heterocycles. The minimum Gasteiger partial charge on any atom is -0.465 e. The van der Waals surface area contributed by atoms with E-state index < -0.39 is 5.25 Å². The Labute approximate surface area is 152 Å². The molecule has 0 aliphatic heterocycles. The van der Waals surface area contributed by atoms with E-state index >= 15 is 0 Å². The highest BCUT2D eigenvalue weighted by atomic mass is 32.2. The van der Waals surface area contributed by atoms with Crippen LogP contribution in [0.5, 0.6) is 0 Å². The van der Waals surface area contributed by atoms with Crippen LogP contribution in [0, 0.1) is 6.92 Å². The summed E-state index contributed by atoms with van der Waals surface area (Å²) in [6.45, 7) is 4.25. The van der Waals surface area contributed by atoms with Crippen molar-refractivity contribution in [3.63, 3.8) is 0 Å². The highest BCUT2D eigenvalue weighted by molar-refractivity contribution is 8.00. The predicted molar refractivity (Wildman–Crippen MR) is 102 cm³/mol. The number of aromatic nitrogens is 1. The number of para-hydroxylation sites is 1. The maximum absolute atomic E-state index is 12.6. The van der Waals surface area contributed by atoms with Gasteiger partial charge in [0.2, 0.25) is 0 Å². The zero-order chi connectivity index (χ0) is 17.6. The molecule has 0 fully saturated rings. The molecule has 1 heterocycles. The van der Waals surface area contributed by atoms with Gasteiger partial charge in [-0.25, -0.2) is 0 Å². The number of benzene rings is 2. The van der Waals surface area contributed by atoms with Crippen molar-refractivity contribution in [3.05, 3.63) is 84.2 Å². The molecule has 0 radical (unpaired) electrons. The number of carbonyl (C=O) groups is 1. The van der Waals surface area contributed by atoms with E-state index in [1.165, 1.54) is 17.3 Å². The fourth-order valence-electron chi connectivity index (χ4n) is 2.60. The van der Waals surface area contributed by atoms with Gasteiger partial charge in [-0.2, -0.15) is 0 Å². The largest absolute Gasteiger partial charge is 0.465 e. The van der Waals surface area contributed by atoms with E-state index in [1.54, 1.807) is 0 Å². The first-order valence-electron chi connectivity index (χ1n) is 8.31. The van der Waals surface area contributed by atoms with Crippen LogP contribution in [0.15, 0.2) is 78.0 Å². The van der Waals surface area contributed by atoms with Crippen LogP contribution >= 0.6 is 11.8 Å². The number of hydrogen-bond donors (Lipinski definition) is 0. The Morgan fingerprint density at radius 3 is 2.40 bits per heavy atom. The SMILES string of the molecule is CCOC(=O)C(Sc1ccccc1-n1cccc1)c1ccc(C)cc1. The van der Waals surface area contributed by atoms with Gasteiger partial charge in [0.1, 0.15) is 5.25 Å². The van der Waals surface area contributed by atoms with Crippen LogP contribution in [0.1, 0.15) is 23.3 Å². The molecule has 25 heavy (non-hydrogen) atoms. The third-order valence-corrected chi connectivity index (χ3v) is 5.17. The van der Waals surface area contributed by atoms with Gasteiger partial charge in [0, 0.05) is 17.3 Å². The molecule has 2 aromatic carbocycles. The zero-order valence-electron chi connectivity index (χ0n) is 14.4. The third-order valence-electron chi connectivity index (χ3n) is 3.87. The Morgan fingerprint density at radius 2 is 1.72 bits per heavy atom. The number of nitrogens with zero attached hydrogens (tertiary/aromatic N) is 1. The van der Waals surface area contributed by atoms with Crippen LogP contribution in [-0.4, -0.2) is 17.1 Å². The maximum Gasteiger partial charge on any atom is 0.323 e. The summed E-state index contributed by atoms with van der Waals surface area (Å²) >= 11 is 1.53. The summed E-state index contributed by atoms with van der Waals surface area (Å²) in [5.41, 5.74) is 3.18. The van der Waals surface area contributed by atoms with E-state index in [2.05, 4.69) is 10.6 Å². The zero-order valence-corrected chi connectivity index (χ0v) is 15.2. The standard InChI is InChI=1S/C21H21NO2S/c1-3-24-21(23)20(17-12-10-16(2)11-13-17)25-19-9-5-4-8-18(19)22-14-6-7-15-22/h4-15,20H,3H2,1-2H3. The second-order valence-corrected chi connectivity index (χ2v) is 6.87. The van der Waals surface area contributed by atoms with Crippen molar-refractivity contribution in [2.75, 3.05) is 6.61 Å². The summed E-state index contributed by atoms with van der Waals surface area (Å²) in [6, 6.07) is 20.1. The number of aryl methyl sites for hydroxylation is 1. The van der Waals surface area contributed by atoms with Gasteiger partial charge >= 0.3 is 5.97 Å². The lowest BCUT2D eigenvalue weighted by Crippen LogP contribution is -2.13. The molecule has 0 N–H and O–H groups in total. The second-order valence-electron chi connectivity index (χ2n) is 5.72. The average Bonchev–Trinajstić information content (AvgIpc) is 3.15. The molecule has 0 amide bonds. The van der Waals surface area contributed by atoms with Crippen LogP contribution in [0.4, 0.5) is 0 Å². The molecule has 1 aromatic heterocycles. The van der Waals surface area contributed by atoms with Crippen molar-refractivity contribution < 1.29 is 9.53 Å². The Hall–Kier alpha value is -2.46. The van der Waals surface area contributed by atoms with E-state index in [0.717, 1.165) is 16.1 Å². The van der Waals surface area contributed by atoms with E-state index in [0.29, 0.717) is 6.61 Å². The number of hydrogen-bond acceptors (Lipinski definition) is 3. The Bertz CT molecular complexity index is 825. The second kappa shape index (κ2) is 8.08. The van der Waals surface area contributed by atoms with Crippen molar-refractivity contribution in [1.82, 2.24) is 4.57 Å². The molecule has 0 saturated carbocycles. The first-order chi connectivity index (χ1) is 12.2. The highest BCUT2D eigenvalue weighted by Gasteiger charge is 2.24. The van der Waals surface area contributed by atoms with Crippen LogP contribution in [0.25, 0.3) is 5.69 Å². The van der Waals surface area contributed by atoms with E-state index in [-0.39, 0.29) is 5.97 Å². The molecular formula is C21H21NO2S. The molecule has 0 bridgehead atoms. The molecule has 0 aliphatic rings. The summed E-state index contributed by atoms with van der Waals surface area (Å²) in [7, 11) is 0. The van der Waals surface area contributed by atoms with Crippen LogP contribution in [0.3, 0.4) is 0 Å². The monoisotopic (exact) mass is 351 g/mol. The minimum atomic E-state index is -0.391. The molecule has 3 aromatic rings. The van der Waals surface area contributed by atoms with Crippen molar-refractivity contribution in [1.29, 1.82) is 0 Å². The number of rotatable bonds is 6. The first-order valence-corrected chi connectivity index (χ1v) is 9.19. The van der Waals surface area contributed by atoms with Gasteiger partial charge < -0.3 is 9.30 Å². The van der Waals surface area contributed by atoms with E-state index in [1.807, 2.05) is 80.8 Å². The molecule has 3 rings (SSSR count). The first kappa shape index (κ1) is 17.4. The molecule has 0 spiro atoms. The molecular weight excluding hydrogens is 330 g/mol. The van der Waals surface area contributed by atoms with Crippen LogP contribution in [0.2, 0.25) is 0 Å². The Kier molecular flexibility index (Phi) is 5.61. The molecule has 1 unspecified atom stereocenters.